The average molecular weight is 315 g/mol. The normalized spacial score (nSPS) is 23.7. The van der Waals surface area contributed by atoms with E-state index in [1.165, 1.54) is 52.1 Å². The molecule has 0 radical (unpaired) electrons. The van der Waals surface area contributed by atoms with Crippen molar-refractivity contribution in [1.29, 1.82) is 0 Å². The standard InChI is InChI=1S/C14H22N2S3/c1-2-3-11-12(8-15-10-4-5-10)19-14(16-11)13-9-17-6-7-18-13/h10,13,15H,2-9H2,1H3. The maximum atomic E-state index is 4.97. The van der Waals surface area contributed by atoms with Crippen LogP contribution in [0.15, 0.2) is 0 Å². The molecule has 1 aliphatic carbocycles. The third-order valence-corrected chi connectivity index (χ3v) is 7.63. The van der Waals surface area contributed by atoms with Gasteiger partial charge in [0, 0.05) is 34.7 Å². The number of aromatic nitrogens is 1. The summed E-state index contributed by atoms with van der Waals surface area (Å²) >= 11 is 6.15. The van der Waals surface area contributed by atoms with E-state index >= 15 is 0 Å². The second kappa shape index (κ2) is 6.83. The molecule has 106 valence electrons. The minimum absolute atomic E-state index is 0.647. The summed E-state index contributed by atoms with van der Waals surface area (Å²) in [7, 11) is 0. The minimum Gasteiger partial charge on any atom is -0.309 e. The van der Waals surface area contributed by atoms with Crippen LogP contribution in [0.3, 0.4) is 0 Å². The fraction of sp³-hybridized carbons (Fsp3) is 0.786. The molecule has 2 fully saturated rings. The first-order valence-electron chi connectivity index (χ1n) is 7.28. The van der Waals surface area contributed by atoms with E-state index in [1.54, 1.807) is 0 Å². The first-order chi connectivity index (χ1) is 9.36. The van der Waals surface area contributed by atoms with E-state index in [-0.39, 0.29) is 0 Å². The Morgan fingerprint density at radius 3 is 2.89 bits per heavy atom. The lowest BCUT2D eigenvalue weighted by Crippen LogP contribution is -2.15. The van der Waals surface area contributed by atoms with Gasteiger partial charge in [0.1, 0.15) is 5.01 Å². The number of hydrogen-bond acceptors (Lipinski definition) is 5. The highest BCUT2D eigenvalue weighted by atomic mass is 32.2. The molecule has 0 amide bonds. The van der Waals surface area contributed by atoms with Crippen LogP contribution in [0, 0.1) is 0 Å². The van der Waals surface area contributed by atoms with Crippen LogP contribution in [0.4, 0.5) is 0 Å². The molecule has 19 heavy (non-hydrogen) atoms. The SMILES string of the molecule is CCCc1nc(C2CSCCS2)sc1CNC1CC1. The van der Waals surface area contributed by atoms with Gasteiger partial charge >= 0.3 is 0 Å². The highest BCUT2D eigenvalue weighted by Crippen LogP contribution is 2.39. The molecule has 2 heterocycles. The van der Waals surface area contributed by atoms with Gasteiger partial charge in [-0.25, -0.2) is 4.98 Å². The molecule has 1 saturated carbocycles. The van der Waals surface area contributed by atoms with Gasteiger partial charge in [-0.15, -0.1) is 23.1 Å². The second-order valence-electron chi connectivity index (χ2n) is 5.26. The maximum absolute atomic E-state index is 4.97. The summed E-state index contributed by atoms with van der Waals surface area (Å²) in [5.74, 6) is 3.84. The lowest BCUT2D eigenvalue weighted by atomic mass is 10.2. The third-order valence-electron chi connectivity index (χ3n) is 3.50. The van der Waals surface area contributed by atoms with Crippen LogP contribution < -0.4 is 5.32 Å². The van der Waals surface area contributed by atoms with Crippen molar-refractivity contribution in [1.82, 2.24) is 10.3 Å². The quantitative estimate of drug-likeness (QED) is 0.861. The van der Waals surface area contributed by atoms with Crippen LogP contribution in [0.5, 0.6) is 0 Å². The molecule has 2 nitrogen and oxygen atoms in total. The number of rotatable bonds is 6. The number of hydrogen-bond donors (Lipinski definition) is 1. The number of nitrogens with zero attached hydrogens (tertiary/aromatic N) is 1. The zero-order valence-corrected chi connectivity index (χ0v) is 13.9. The summed E-state index contributed by atoms with van der Waals surface area (Å²) in [6.07, 6.45) is 5.07. The Balaban J connectivity index is 1.70. The highest BCUT2D eigenvalue weighted by Gasteiger charge is 2.24. The van der Waals surface area contributed by atoms with Crippen LogP contribution in [-0.4, -0.2) is 28.3 Å². The molecule has 1 atom stereocenters. The summed E-state index contributed by atoms with van der Waals surface area (Å²) in [4.78, 5) is 6.47. The monoisotopic (exact) mass is 314 g/mol. The largest absolute Gasteiger partial charge is 0.309 e. The summed E-state index contributed by atoms with van der Waals surface area (Å²) in [6, 6.07) is 0.791. The number of thioether (sulfide) groups is 2. The summed E-state index contributed by atoms with van der Waals surface area (Å²) in [5.41, 5.74) is 1.37. The lowest BCUT2D eigenvalue weighted by molar-refractivity contribution is 0.686. The summed E-state index contributed by atoms with van der Waals surface area (Å²) in [5, 5.41) is 5.68. The van der Waals surface area contributed by atoms with E-state index in [9.17, 15) is 0 Å². The van der Waals surface area contributed by atoms with E-state index in [1.807, 2.05) is 11.3 Å². The zero-order valence-electron chi connectivity index (χ0n) is 11.5. The molecule has 1 aromatic rings. The van der Waals surface area contributed by atoms with Crippen LogP contribution in [0.2, 0.25) is 0 Å². The first-order valence-corrected chi connectivity index (χ1v) is 10.3. The molecule has 2 aliphatic rings. The summed E-state index contributed by atoms with van der Waals surface area (Å²) in [6.45, 7) is 3.30. The van der Waals surface area contributed by atoms with Gasteiger partial charge < -0.3 is 5.32 Å². The Morgan fingerprint density at radius 2 is 2.21 bits per heavy atom. The number of nitrogens with one attached hydrogen (secondary N) is 1. The Bertz CT molecular complexity index is 409. The van der Waals surface area contributed by atoms with Gasteiger partial charge in [0.2, 0.25) is 0 Å². The maximum Gasteiger partial charge on any atom is 0.107 e. The molecule has 1 N–H and O–H groups in total. The van der Waals surface area contributed by atoms with Gasteiger partial charge in [0.05, 0.1) is 10.9 Å². The molecule has 3 rings (SSSR count). The van der Waals surface area contributed by atoms with Crippen LogP contribution in [-0.2, 0) is 13.0 Å². The molecule has 0 bridgehead atoms. The molecular formula is C14H22N2S3. The topological polar surface area (TPSA) is 24.9 Å². The fourth-order valence-corrected chi connectivity index (χ4v) is 6.31. The predicted octanol–water partition coefficient (Wildman–Crippen LogP) is 3.87. The number of aryl methyl sites for hydroxylation is 1. The van der Waals surface area contributed by atoms with Gasteiger partial charge in [-0.3, -0.25) is 0 Å². The smallest absolute Gasteiger partial charge is 0.107 e. The van der Waals surface area contributed by atoms with E-state index in [0.717, 1.165) is 19.0 Å². The Morgan fingerprint density at radius 1 is 1.32 bits per heavy atom. The van der Waals surface area contributed by atoms with Crippen molar-refractivity contribution in [2.24, 2.45) is 0 Å². The Hall–Kier alpha value is 0.290. The molecule has 1 saturated heterocycles. The highest BCUT2D eigenvalue weighted by molar-refractivity contribution is 8.06. The van der Waals surface area contributed by atoms with Gasteiger partial charge in [-0.1, -0.05) is 13.3 Å². The molecule has 1 unspecified atom stereocenters. The molecule has 0 aromatic carbocycles. The second-order valence-corrected chi connectivity index (χ2v) is 8.84. The zero-order chi connectivity index (χ0) is 13.1. The molecule has 1 aromatic heterocycles. The Labute approximate surface area is 128 Å². The van der Waals surface area contributed by atoms with Gasteiger partial charge in [-0.05, 0) is 19.3 Å². The molecule has 5 heteroatoms. The van der Waals surface area contributed by atoms with E-state index in [0.29, 0.717) is 5.25 Å². The van der Waals surface area contributed by atoms with Crippen LogP contribution in [0.1, 0.15) is 47.0 Å². The number of thiazole rings is 1. The Kier molecular flexibility index (Phi) is 5.12. The van der Waals surface area contributed by atoms with Crippen molar-refractivity contribution in [3.8, 4) is 0 Å². The van der Waals surface area contributed by atoms with Crippen molar-refractivity contribution < 1.29 is 0 Å². The van der Waals surface area contributed by atoms with E-state index in [4.69, 9.17) is 4.98 Å². The van der Waals surface area contributed by atoms with Crippen molar-refractivity contribution >= 4 is 34.9 Å². The van der Waals surface area contributed by atoms with Crippen molar-refractivity contribution in [2.75, 3.05) is 17.3 Å². The first kappa shape index (κ1) is 14.2. The van der Waals surface area contributed by atoms with Crippen molar-refractivity contribution in [3.05, 3.63) is 15.6 Å². The summed E-state index contributed by atoms with van der Waals surface area (Å²) < 4.78 is 0. The van der Waals surface area contributed by atoms with Crippen molar-refractivity contribution in [3.63, 3.8) is 0 Å². The molecular weight excluding hydrogens is 292 g/mol. The van der Waals surface area contributed by atoms with Crippen molar-refractivity contribution in [2.45, 2.75) is 50.4 Å². The van der Waals surface area contributed by atoms with Gasteiger partial charge in [0.15, 0.2) is 0 Å². The van der Waals surface area contributed by atoms with Crippen LogP contribution in [0.25, 0.3) is 0 Å². The molecule has 0 spiro atoms. The van der Waals surface area contributed by atoms with Crippen LogP contribution >= 0.6 is 34.9 Å². The predicted molar refractivity (Wildman–Crippen MR) is 88.5 cm³/mol. The molecule has 1 aliphatic heterocycles. The lowest BCUT2D eigenvalue weighted by Gasteiger charge is -2.18. The fourth-order valence-electron chi connectivity index (χ4n) is 2.27. The van der Waals surface area contributed by atoms with E-state index < -0.39 is 0 Å². The van der Waals surface area contributed by atoms with Gasteiger partial charge in [-0.2, -0.15) is 11.8 Å². The third kappa shape index (κ3) is 3.90. The average Bonchev–Trinajstić information content (AvgIpc) is 3.19. The van der Waals surface area contributed by atoms with Gasteiger partial charge in [0.25, 0.3) is 0 Å². The van der Waals surface area contributed by atoms with E-state index in [2.05, 4.69) is 35.8 Å². The minimum atomic E-state index is 0.647.